The molecular formula is C24H27N3O4. The Labute approximate surface area is 181 Å². The first kappa shape index (κ1) is 22.2. The second-order valence-corrected chi connectivity index (χ2v) is 7.01. The lowest BCUT2D eigenvalue weighted by Crippen LogP contribution is -2.33. The van der Waals surface area contributed by atoms with Crippen LogP contribution in [0.5, 0.6) is 5.75 Å². The lowest BCUT2D eigenvalue weighted by Gasteiger charge is -2.21. The molecule has 3 rings (SSSR count). The van der Waals surface area contributed by atoms with Crippen LogP contribution in [0.4, 0.5) is 0 Å². The summed E-state index contributed by atoms with van der Waals surface area (Å²) in [5.41, 5.74) is 2.06. The number of rotatable bonds is 10. The number of hydrogen-bond acceptors (Lipinski definition) is 5. The second-order valence-electron chi connectivity index (χ2n) is 7.01. The minimum Gasteiger partial charge on any atom is -0.489 e. The smallest absolute Gasteiger partial charge is 0.274 e. The summed E-state index contributed by atoms with van der Waals surface area (Å²) in [5.74, 6) is 0.548. The number of benzene rings is 2. The Morgan fingerprint density at radius 1 is 1.00 bits per heavy atom. The molecule has 0 aliphatic rings. The van der Waals surface area contributed by atoms with Gasteiger partial charge in [-0.25, -0.2) is 4.68 Å². The van der Waals surface area contributed by atoms with E-state index in [1.54, 1.807) is 12.0 Å². The third-order valence-electron chi connectivity index (χ3n) is 4.81. The molecule has 7 heteroatoms. The van der Waals surface area contributed by atoms with Gasteiger partial charge in [-0.1, -0.05) is 42.5 Å². The first-order chi connectivity index (χ1) is 15.1. The van der Waals surface area contributed by atoms with E-state index in [1.807, 2.05) is 61.5 Å². The Balaban J connectivity index is 1.63. The van der Waals surface area contributed by atoms with Crippen LogP contribution in [0.2, 0.25) is 0 Å². The summed E-state index contributed by atoms with van der Waals surface area (Å²) in [6, 6.07) is 20.5. The van der Waals surface area contributed by atoms with Crippen molar-refractivity contribution in [1.29, 1.82) is 0 Å². The third kappa shape index (κ3) is 6.26. The summed E-state index contributed by atoms with van der Waals surface area (Å²) in [6.45, 7) is 4.02. The van der Waals surface area contributed by atoms with Crippen molar-refractivity contribution in [2.75, 3.05) is 20.3 Å². The molecule has 0 atom stereocenters. The average molecular weight is 421 g/mol. The largest absolute Gasteiger partial charge is 0.489 e. The van der Waals surface area contributed by atoms with E-state index in [1.165, 1.54) is 16.8 Å². The fourth-order valence-corrected chi connectivity index (χ4v) is 3.04. The molecule has 31 heavy (non-hydrogen) atoms. The summed E-state index contributed by atoms with van der Waals surface area (Å²) >= 11 is 0. The predicted octanol–water partition coefficient (Wildman–Crippen LogP) is 3.13. The zero-order valence-electron chi connectivity index (χ0n) is 17.9. The minimum atomic E-state index is -0.261. The van der Waals surface area contributed by atoms with Crippen molar-refractivity contribution in [3.05, 3.63) is 93.9 Å². The molecule has 0 bridgehead atoms. The molecule has 3 aromatic rings. The van der Waals surface area contributed by atoms with E-state index in [0.29, 0.717) is 32.8 Å². The number of aromatic nitrogens is 2. The number of amides is 1. The zero-order valence-corrected chi connectivity index (χ0v) is 17.9. The van der Waals surface area contributed by atoms with E-state index in [2.05, 4.69) is 5.10 Å². The van der Waals surface area contributed by atoms with Gasteiger partial charge >= 0.3 is 0 Å². The van der Waals surface area contributed by atoms with Crippen molar-refractivity contribution in [1.82, 2.24) is 14.7 Å². The maximum absolute atomic E-state index is 12.9. The molecular weight excluding hydrogens is 394 g/mol. The van der Waals surface area contributed by atoms with Gasteiger partial charge in [0.25, 0.3) is 11.5 Å². The Morgan fingerprint density at radius 3 is 2.42 bits per heavy atom. The monoisotopic (exact) mass is 421 g/mol. The minimum absolute atomic E-state index is 0.224. The Morgan fingerprint density at radius 2 is 1.74 bits per heavy atom. The molecule has 7 nitrogen and oxygen atoms in total. The van der Waals surface area contributed by atoms with Crippen molar-refractivity contribution in [3.63, 3.8) is 0 Å². The van der Waals surface area contributed by atoms with Crippen LogP contribution in [0.1, 0.15) is 28.5 Å². The fourth-order valence-electron chi connectivity index (χ4n) is 3.04. The highest BCUT2D eigenvalue weighted by atomic mass is 16.5. The average Bonchev–Trinajstić information content (AvgIpc) is 2.81. The van der Waals surface area contributed by atoms with Gasteiger partial charge in [-0.3, -0.25) is 9.59 Å². The number of hydrogen-bond donors (Lipinski definition) is 0. The normalized spacial score (nSPS) is 10.6. The van der Waals surface area contributed by atoms with Crippen molar-refractivity contribution in [2.24, 2.45) is 0 Å². The summed E-state index contributed by atoms with van der Waals surface area (Å²) in [7, 11) is 1.55. The van der Waals surface area contributed by atoms with Gasteiger partial charge in [-0.15, -0.1) is 0 Å². The molecule has 0 saturated carbocycles. The SMILES string of the molecule is CCN(Cc1ccc(OCc2ccccc2)cc1)C(=O)c1ccc(=O)n(CCOC)n1. The first-order valence-electron chi connectivity index (χ1n) is 10.2. The van der Waals surface area contributed by atoms with Crippen molar-refractivity contribution >= 4 is 5.91 Å². The van der Waals surface area contributed by atoms with Gasteiger partial charge in [-0.05, 0) is 36.2 Å². The van der Waals surface area contributed by atoms with Crippen molar-refractivity contribution < 1.29 is 14.3 Å². The molecule has 0 unspecified atom stereocenters. The van der Waals surface area contributed by atoms with E-state index in [9.17, 15) is 9.59 Å². The summed E-state index contributed by atoms with van der Waals surface area (Å²) in [4.78, 5) is 26.5. The fraction of sp³-hybridized carbons (Fsp3) is 0.292. The molecule has 0 N–H and O–H groups in total. The molecule has 162 valence electrons. The number of nitrogens with zero attached hydrogens (tertiary/aromatic N) is 3. The lowest BCUT2D eigenvalue weighted by molar-refractivity contribution is 0.0742. The summed E-state index contributed by atoms with van der Waals surface area (Å²) in [5, 5.41) is 4.20. The van der Waals surface area contributed by atoms with Crippen molar-refractivity contribution in [2.45, 2.75) is 26.6 Å². The molecule has 2 aromatic carbocycles. The van der Waals surface area contributed by atoms with Gasteiger partial charge in [0.15, 0.2) is 0 Å². The van der Waals surface area contributed by atoms with Gasteiger partial charge < -0.3 is 14.4 Å². The number of methoxy groups -OCH3 is 1. The Bertz CT molecular complexity index is 1030. The van der Waals surface area contributed by atoms with Crippen LogP contribution in [0.15, 0.2) is 71.5 Å². The third-order valence-corrected chi connectivity index (χ3v) is 4.81. The maximum atomic E-state index is 12.9. The van der Waals surface area contributed by atoms with E-state index < -0.39 is 0 Å². The topological polar surface area (TPSA) is 73.7 Å². The van der Waals surface area contributed by atoms with Crippen LogP contribution in [0.25, 0.3) is 0 Å². The zero-order chi connectivity index (χ0) is 22.1. The molecule has 1 aromatic heterocycles. The second kappa shape index (κ2) is 11.1. The molecule has 1 heterocycles. The molecule has 0 aliphatic heterocycles. The van der Waals surface area contributed by atoms with E-state index in [0.717, 1.165) is 16.9 Å². The number of ether oxygens (including phenoxy) is 2. The molecule has 0 saturated heterocycles. The quantitative estimate of drug-likeness (QED) is 0.503. The van der Waals surface area contributed by atoms with E-state index in [-0.39, 0.29) is 17.2 Å². The highest BCUT2D eigenvalue weighted by molar-refractivity contribution is 5.92. The standard InChI is InChI=1S/C24H27N3O4/c1-3-26(24(29)22-13-14-23(28)27(25-22)15-16-30-2)17-19-9-11-21(12-10-19)31-18-20-7-5-4-6-8-20/h4-14H,3,15-18H2,1-2H3. The molecule has 0 aliphatic carbocycles. The van der Waals surface area contributed by atoms with Crippen LogP contribution in [0.3, 0.4) is 0 Å². The van der Waals surface area contributed by atoms with Crippen LogP contribution >= 0.6 is 0 Å². The predicted molar refractivity (Wildman–Crippen MR) is 118 cm³/mol. The van der Waals surface area contributed by atoms with Gasteiger partial charge in [0.05, 0.1) is 13.2 Å². The van der Waals surface area contributed by atoms with Crippen LogP contribution in [-0.2, 0) is 24.4 Å². The van der Waals surface area contributed by atoms with Crippen LogP contribution in [0, 0.1) is 0 Å². The van der Waals surface area contributed by atoms with Crippen LogP contribution < -0.4 is 10.3 Å². The van der Waals surface area contributed by atoms with Crippen molar-refractivity contribution in [3.8, 4) is 5.75 Å². The first-order valence-corrected chi connectivity index (χ1v) is 10.2. The van der Waals surface area contributed by atoms with Gasteiger partial charge in [-0.2, -0.15) is 5.10 Å². The molecule has 0 spiro atoms. The van der Waals surface area contributed by atoms with Gasteiger partial charge in [0.1, 0.15) is 18.1 Å². The highest BCUT2D eigenvalue weighted by Gasteiger charge is 2.17. The number of carbonyl (C=O) groups excluding carboxylic acids is 1. The molecule has 1 amide bonds. The molecule has 0 radical (unpaired) electrons. The van der Waals surface area contributed by atoms with E-state index >= 15 is 0 Å². The lowest BCUT2D eigenvalue weighted by atomic mass is 10.2. The van der Waals surface area contributed by atoms with Gasteiger partial charge in [0, 0.05) is 26.3 Å². The highest BCUT2D eigenvalue weighted by Crippen LogP contribution is 2.16. The van der Waals surface area contributed by atoms with Crippen LogP contribution in [-0.4, -0.2) is 40.8 Å². The number of carbonyl (C=O) groups is 1. The summed E-state index contributed by atoms with van der Waals surface area (Å²) in [6.07, 6.45) is 0. The van der Waals surface area contributed by atoms with Gasteiger partial charge in [0.2, 0.25) is 0 Å². The maximum Gasteiger partial charge on any atom is 0.274 e. The Kier molecular flexibility index (Phi) is 7.95. The van der Waals surface area contributed by atoms with E-state index in [4.69, 9.17) is 9.47 Å². The molecule has 0 fully saturated rings. The Hall–Kier alpha value is -3.45. The summed E-state index contributed by atoms with van der Waals surface area (Å²) < 4.78 is 12.1.